The number of esters is 1. The zero-order valence-electron chi connectivity index (χ0n) is 12.6. The van der Waals surface area contributed by atoms with E-state index in [-0.39, 0.29) is 17.9 Å². The Bertz CT molecular complexity index is 581. The van der Waals surface area contributed by atoms with Crippen LogP contribution in [0.25, 0.3) is 0 Å². The summed E-state index contributed by atoms with van der Waals surface area (Å²) in [5, 5.41) is 0. The molecule has 4 heteroatoms. The SMILES string of the molecule is COC(=O)C1CCC(=O)N1C(C)c1ccc2c(c1)CCC2. The van der Waals surface area contributed by atoms with Gasteiger partial charge in [0.25, 0.3) is 0 Å². The van der Waals surface area contributed by atoms with Crippen LogP contribution in [-0.4, -0.2) is 29.9 Å². The van der Waals surface area contributed by atoms with Gasteiger partial charge in [-0.2, -0.15) is 0 Å². The number of amides is 1. The molecule has 1 aromatic carbocycles. The fraction of sp³-hybridized carbons (Fsp3) is 0.529. The van der Waals surface area contributed by atoms with Crippen LogP contribution in [0.4, 0.5) is 0 Å². The third kappa shape index (κ3) is 2.43. The maximum atomic E-state index is 12.2. The maximum absolute atomic E-state index is 12.2. The summed E-state index contributed by atoms with van der Waals surface area (Å²) in [6, 6.07) is 5.93. The highest BCUT2D eigenvalue weighted by Crippen LogP contribution is 2.33. The van der Waals surface area contributed by atoms with Gasteiger partial charge in [0.1, 0.15) is 6.04 Å². The molecule has 2 atom stereocenters. The molecule has 1 saturated heterocycles. The minimum atomic E-state index is -0.439. The second kappa shape index (κ2) is 5.51. The largest absolute Gasteiger partial charge is 0.467 e. The molecule has 1 heterocycles. The molecule has 1 aliphatic heterocycles. The first-order valence-corrected chi connectivity index (χ1v) is 7.62. The van der Waals surface area contributed by atoms with E-state index in [1.807, 2.05) is 6.92 Å². The van der Waals surface area contributed by atoms with Crippen molar-refractivity contribution in [1.82, 2.24) is 4.90 Å². The van der Waals surface area contributed by atoms with Gasteiger partial charge in [0, 0.05) is 6.42 Å². The standard InChI is InChI=1S/C17H21NO3/c1-11(13-7-6-12-4-3-5-14(12)10-13)18-15(17(20)21-2)8-9-16(18)19/h6-7,10-11,15H,3-5,8-9H2,1-2H3. The third-order valence-electron chi connectivity index (χ3n) is 4.75. The molecule has 0 spiro atoms. The molecular formula is C17H21NO3. The van der Waals surface area contributed by atoms with E-state index in [1.165, 1.54) is 24.7 Å². The minimum absolute atomic E-state index is 0.0402. The van der Waals surface area contributed by atoms with E-state index in [4.69, 9.17) is 4.74 Å². The maximum Gasteiger partial charge on any atom is 0.328 e. The van der Waals surface area contributed by atoms with Gasteiger partial charge in [0.2, 0.25) is 5.91 Å². The van der Waals surface area contributed by atoms with Crippen molar-refractivity contribution in [3.63, 3.8) is 0 Å². The van der Waals surface area contributed by atoms with Crippen LogP contribution < -0.4 is 0 Å². The summed E-state index contributed by atoms with van der Waals surface area (Å²) in [4.78, 5) is 25.7. The van der Waals surface area contributed by atoms with Crippen LogP contribution in [0.15, 0.2) is 18.2 Å². The molecule has 0 saturated carbocycles. The summed E-state index contributed by atoms with van der Waals surface area (Å²) in [6.07, 6.45) is 4.46. The molecule has 0 aromatic heterocycles. The molecule has 2 unspecified atom stereocenters. The Labute approximate surface area is 125 Å². The highest BCUT2D eigenvalue weighted by Gasteiger charge is 2.40. The Morgan fingerprint density at radius 2 is 2.05 bits per heavy atom. The van der Waals surface area contributed by atoms with E-state index in [0.717, 1.165) is 18.4 Å². The van der Waals surface area contributed by atoms with E-state index < -0.39 is 6.04 Å². The van der Waals surface area contributed by atoms with E-state index in [0.29, 0.717) is 12.8 Å². The number of hydrogen-bond donors (Lipinski definition) is 0. The van der Waals surface area contributed by atoms with Crippen LogP contribution in [0.3, 0.4) is 0 Å². The van der Waals surface area contributed by atoms with Crippen molar-refractivity contribution in [2.45, 2.75) is 51.1 Å². The number of ether oxygens (including phenoxy) is 1. The number of rotatable bonds is 3. The number of carbonyl (C=O) groups excluding carboxylic acids is 2. The minimum Gasteiger partial charge on any atom is -0.467 e. The van der Waals surface area contributed by atoms with E-state index in [9.17, 15) is 9.59 Å². The number of hydrogen-bond acceptors (Lipinski definition) is 3. The molecule has 0 bridgehead atoms. The van der Waals surface area contributed by atoms with Crippen LogP contribution in [0.1, 0.15) is 48.9 Å². The van der Waals surface area contributed by atoms with Gasteiger partial charge < -0.3 is 9.64 Å². The monoisotopic (exact) mass is 287 g/mol. The molecule has 0 radical (unpaired) electrons. The summed E-state index contributed by atoms with van der Waals surface area (Å²) in [5.41, 5.74) is 3.92. The van der Waals surface area contributed by atoms with E-state index >= 15 is 0 Å². The lowest BCUT2D eigenvalue weighted by Gasteiger charge is -2.30. The number of nitrogens with zero attached hydrogens (tertiary/aromatic N) is 1. The van der Waals surface area contributed by atoms with Crippen LogP contribution in [0, 0.1) is 0 Å². The van der Waals surface area contributed by atoms with Crippen molar-refractivity contribution < 1.29 is 14.3 Å². The van der Waals surface area contributed by atoms with E-state index in [1.54, 1.807) is 4.90 Å². The first kappa shape index (κ1) is 14.1. The number of fused-ring (bicyclic) bond motifs is 1. The van der Waals surface area contributed by atoms with E-state index in [2.05, 4.69) is 18.2 Å². The summed E-state index contributed by atoms with van der Waals surface area (Å²) in [6.45, 7) is 2.00. The highest BCUT2D eigenvalue weighted by atomic mass is 16.5. The molecule has 2 aliphatic rings. The van der Waals surface area contributed by atoms with Gasteiger partial charge >= 0.3 is 5.97 Å². The Balaban J connectivity index is 1.87. The lowest BCUT2D eigenvalue weighted by atomic mass is 10.0. The summed E-state index contributed by atoms with van der Waals surface area (Å²) < 4.78 is 4.84. The lowest BCUT2D eigenvalue weighted by Crippen LogP contribution is -2.40. The van der Waals surface area contributed by atoms with Crippen molar-refractivity contribution in [2.75, 3.05) is 7.11 Å². The van der Waals surface area contributed by atoms with Gasteiger partial charge in [0.05, 0.1) is 13.2 Å². The molecule has 4 nitrogen and oxygen atoms in total. The zero-order valence-corrected chi connectivity index (χ0v) is 12.6. The summed E-state index contributed by atoms with van der Waals surface area (Å²) in [7, 11) is 1.38. The molecule has 3 rings (SSSR count). The molecular weight excluding hydrogens is 266 g/mol. The second-order valence-electron chi connectivity index (χ2n) is 5.94. The van der Waals surface area contributed by atoms with Crippen LogP contribution in [0.2, 0.25) is 0 Å². The van der Waals surface area contributed by atoms with Crippen molar-refractivity contribution >= 4 is 11.9 Å². The normalized spacial score (nSPS) is 22.3. The van der Waals surface area contributed by atoms with Gasteiger partial charge in [-0.15, -0.1) is 0 Å². The average Bonchev–Trinajstić information content (AvgIpc) is 3.11. The first-order valence-electron chi connectivity index (χ1n) is 7.62. The average molecular weight is 287 g/mol. The topological polar surface area (TPSA) is 46.6 Å². The van der Waals surface area contributed by atoms with Crippen molar-refractivity contribution in [3.05, 3.63) is 34.9 Å². The van der Waals surface area contributed by atoms with Crippen LogP contribution >= 0.6 is 0 Å². The Kier molecular flexibility index (Phi) is 3.70. The van der Waals surface area contributed by atoms with Gasteiger partial charge in [-0.3, -0.25) is 4.79 Å². The predicted octanol–water partition coefficient (Wildman–Crippen LogP) is 2.40. The third-order valence-corrected chi connectivity index (χ3v) is 4.75. The van der Waals surface area contributed by atoms with Crippen molar-refractivity contribution in [2.24, 2.45) is 0 Å². The molecule has 1 amide bonds. The number of likely N-dealkylation sites (tertiary alicyclic amines) is 1. The Morgan fingerprint density at radius 3 is 2.81 bits per heavy atom. The smallest absolute Gasteiger partial charge is 0.328 e. The highest BCUT2D eigenvalue weighted by molar-refractivity contribution is 5.88. The number of benzene rings is 1. The fourth-order valence-corrected chi connectivity index (χ4v) is 3.57. The van der Waals surface area contributed by atoms with Crippen LogP contribution in [0.5, 0.6) is 0 Å². The molecule has 1 aliphatic carbocycles. The number of carbonyl (C=O) groups is 2. The van der Waals surface area contributed by atoms with Crippen molar-refractivity contribution in [1.29, 1.82) is 0 Å². The van der Waals surface area contributed by atoms with Crippen molar-refractivity contribution in [3.8, 4) is 0 Å². The first-order chi connectivity index (χ1) is 10.1. The van der Waals surface area contributed by atoms with Gasteiger partial charge in [-0.25, -0.2) is 4.79 Å². The quantitative estimate of drug-likeness (QED) is 0.802. The zero-order chi connectivity index (χ0) is 15.0. The molecule has 1 fully saturated rings. The number of methoxy groups -OCH3 is 1. The Morgan fingerprint density at radius 1 is 1.29 bits per heavy atom. The van der Waals surface area contributed by atoms with Gasteiger partial charge in [0.15, 0.2) is 0 Å². The molecule has 0 N–H and O–H groups in total. The van der Waals surface area contributed by atoms with Crippen LogP contribution in [-0.2, 0) is 27.2 Å². The predicted molar refractivity (Wildman–Crippen MR) is 78.8 cm³/mol. The summed E-state index contributed by atoms with van der Waals surface area (Å²) in [5.74, 6) is -0.271. The molecule has 112 valence electrons. The second-order valence-corrected chi connectivity index (χ2v) is 5.94. The number of aryl methyl sites for hydroxylation is 2. The van der Waals surface area contributed by atoms with Gasteiger partial charge in [-0.05, 0) is 49.3 Å². The molecule has 1 aromatic rings. The molecule has 21 heavy (non-hydrogen) atoms. The van der Waals surface area contributed by atoms with Gasteiger partial charge in [-0.1, -0.05) is 18.2 Å². The summed E-state index contributed by atoms with van der Waals surface area (Å²) >= 11 is 0. The fourth-order valence-electron chi connectivity index (χ4n) is 3.57. The lowest BCUT2D eigenvalue weighted by molar-refractivity contribution is -0.150. The Hall–Kier alpha value is -1.84.